The van der Waals surface area contributed by atoms with Crippen molar-refractivity contribution in [1.29, 1.82) is 0 Å². The fourth-order valence-electron chi connectivity index (χ4n) is 3.41. The molecule has 0 spiro atoms. The number of amides is 1. The van der Waals surface area contributed by atoms with Crippen molar-refractivity contribution < 1.29 is 28.2 Å². The number of hydrogen-bond acceptors (Lipinski definition) is 3. The van der Waals surface area contributed by atoms with Crippen LogP contribution in [-0.4, -0.2) is 24.1 Å². The Labute approximate surface area is 139 Å². The van der Waals surface area contributed by atoms with Gasteiger partial charge in [0.05, 0.1) is 13.5 Å². The zero-order chi connectivity index (χ0) is 17.7. The molecule has 1 aliphatic rings. The molecule has 5 nitrogen and oxygen atoms in total. The van der Waals surface area contributed by atoms with Gasteiger partial charge in [0.1, 0.15) is 0 Å². The van der Waals surface area contributed by atoms with Crippen molar-refractivity contribution >= 4 is 17.6 Å². The summed E-state index contributed by atoms with van der Waals surface area (Å²) in [4.78, 5) is 23.4. The lowest BCUT2D eigenvalue weighted by Crippen LogP contribution is -2.32. The molecule has 2 rings (SSSR count). The first-order chi connectivity index (χ1) is 11.3. The van der Waals surface area contributed by atoms with E-state index in [1.165, 1.54) is 0 Å². The standard InChI is InChI=1S/C17H21F2NO4/c1-24-16-12(18)7-11(8-13(16)19)20-14(21)9-17(10-15(22)23)5-3-2-4-6-17/h7-8H,2-6,9-10H2,1H3,(H,20,21)(H,22,23). The molecule has 0 aliphatic heterocycles. The third-order valence-electron chi connectivity index (χ3n) is 4.46. The molecule has 2 N–H and O–H groups in total. The van der Waals surface area contributed by atoms with Gasteiger partial charge >= 0.3 is 5.97 Å². The molecule has 1 saturated carbocycles. The number of benzene rings is 1. The number of carbonyl (C=O) groups is 2. The van der Waals surface area contributed by atoms with Crippen molar-refractivity contribution in [3.8, 4) is 5.75 Å². The summed E-state index contributed by atoms with van der Waals surface area (Å²) < 4.78 is 31.9. The Morgan fingerprint density at radius 1 is 1.17 bits per heavy atom. The Kier molecular flexibility index (Phi) is 5.75. The normalized spacial score (nSPS) is 16.5. The number of aliphatic carboxylic acids is 1. The van der Waals surface area contributed by atoms with Crippen molar-refractivity contribution in [2.24, 2.45) is 5.41 Å². The molecule has 0 aromatic heterocycles. The van der Waals surface area contributed by atoms with E-state index in [-0.39, 0.29) is 18.5 Å². The number of carbonyl (C=O) groups excluding carboxylic acids is 1. The van der Waals surface area contributed by atoms with Gasteiger partial charge in [-0.2, -0.15) is 0 Å². The molecule has 0 atom stereocenters. The van der Waals surface area contributed by atoms with Crippen LogP contribution in [-0.2, 0) is 9.59 Å². The topological polar surface area (TPSA) is 75.6 Å². The van der Waals surface area contributed by atoms with Crippen LogP contribution < -0.4 is 10.1 Å². The molecule has 7 heteroatoms. The molecule has 0 unspecified atom stereocenters. The molecule has 24 heavy (non-hydrogen) atoms. The van der Waals surface area contributed by atoms with E-state index in [4.69, 9.17) is 5.11 Å². The number of carboxylic acid groups (broad SMARTS) is 1. The van der Waals surface area contributed by atoms with Gasteiger partial charge in [0.2, 0.25) is 5.91 Å². The fraction of sp³-hybridized carbons (Fsp3) is 0.529. The summed E-state index contributed by atoms with van der Waals surface area (Å²) in [5, 5.41) is 11.6. The molecule has 1 aliphatic carbocycles. The van der Waals surface area contributed by atoms with Gasteiger partial charge in [-0.05, 0) is 18.3 Å². The SMILES string of the molecule is COc1c(F)cc(NC(=O)CC2(CC(=O)O)CCCCC2)cc1F. The summed E-state index contributed by atoms with van der Waals surface area (Å²) in [7, 11) is 1.15. The highest BCUT2D eigenvalue weighted by Gasteiger charge is 2.36. The van der Waals surface area contributed by atoms with Crippen LogP contribution in [0.4, 0.5) is 14.5 Å². The molecular weight excluding hydrogens is 320 g/mol. The summed E-state index contributed by atoms with van der Waals surface area (Å²) in [6, 6.07) is 1.95. The molecule has 0 radical (unpaired) electrons. The highest BCUT2D eigenvalue weighted by atomic mass is 19.1. The van der Waals surface area contributed by atoms with Gasteiger partial charge < -0.3 is 15.2 Å². The zero-order valence-electron chi connectivity index (χ0n) is 13.5. The van der Waals surface area contributed by atoms with E-state index >= 15 is 0 Å². The zero-order valence-corrected chi connectivity index (χ0v) is 13.5. The smallest absolute Gasteiger partial charge is 0.303 e. The number of carboxylic acids is 1. The van der Waals surface area contributed by atoms with Crippen molar-refractivity contribution in [1.82, 2.24) is 0 Å². The minimum Gasteiger partial charge on any atom is -0.491 e. The number of nitrogens with one attached hydrogen (secondary N) is 1. The summed E-state index contributed by atoms with van der Waals surface area (Å²) in [5.41, 5.74) is -0.602. The lowest BCUT2D eigenvalue weighted by molar-refractivity contribution is -0.140. The Morgan fingerprint density at radius 2 is 1.75 bits per heavy atom. The second-order valence-electron chi connectivity index (χ2n) is 6.33. The average molecular weight is 341 g/mol. The molecular formula is C17H21F2NO4. The Hall–Kier alpha value is -2.18. The molecule has 1 aromatic rings. The van der Waals surface area contributed by atoms with E-state index in [0.717, 1.165) is 38.5 Å². The Bertz CT molecular complexity index is 604. The second kappa shape index (κ2) is 7.59. The van der Waals surface area contributed by atoms with Gasteiger partial charge in [-0.25, -0.2) is 8.78 Å². The number of ether oxygens (including phenoxy) is 1. The van der Waals surface area contributed by atoms with Gasteiger partial charge in [-0.3, -0.25) is 9.59 Å². The number of anilines is 1. The van der Waals surface area contributed by atoms with Crippen molar-refractivity contribution in [3.05, 3.63) is 23.8 Å². The maximum atomic E-state index is 13.7. The van der Waals surface area contributed by atoms with Crippen LogP contribution in [0.15, 0.2) is 12.1 Å². The minimum atomic E-state index is -0.939. The lowest BCUT2D eigenvalue weighted by Gasteiger charge is -2.35. The number of rotatable bonds is 6. The third-order valence-corrected chi connectivity index (χ3v) is 4.46. The number of methoxy groups -OCH3 is 1. The molecule has 1 amide bonds. The van der Waals surface area contributed by atoms with Crippen LogP contribution in [0.5, 0.6) is 5.75 Å². The fourth-order valence-corrected chi connectivity index (χ4v) is 3.41. The molecule has 0 heterocycles. The first-order valence-electron chi connectivity index (χ1n) is 7.90. The number of hydrogen-bond donors (Lipinski definition) is 2. The first kappa shape index (κ1) is 18.2. The van der Waals surface area contributed by atoms with Crippen LogP contribution in [0.2, 0.25) is 0 Å². The summed E-state index contributed by atoms with van der Waals surface area (Å²) >= 11 is 0. The Morgan fingerprint density at radius 3 is 2.25 bits per heavy atom. The van der Waals surface area contributed by atoms with Crippen molar-refractivity contribution in [3.63, 3.8) is 0 Å². The van der Waals surface area contributed by atoms with E-state index in [1.54, 1.807) is 0 Å². The maximum absolute atomic E-state index is 13.7. The molecule has 0 saturated heterocycles. The van der Waals surface area contributed by atoms with Crippen LogP contribution >= 0.6 is 0 Å². The van der Waals surface area contributed by atoms with Gasteiger partial charge in [0.25, 0.3) is 0 Å². The van der Waals surface area contributed by atoms with Crippen molar-refractivity contribution in [2.45, 2.75) is 44.9 Å². The maximum Gasteiger partial charge on any atom is 0.303 e. The van der Waals surface area contributed by atoms with Crippen LogP contribution in [0.1, 0.15) is 44.9 Å². The predicted octanol–water partition coefficient (Wildman–Crippen LogP) is 3.73. The quantitative estimate of drug-likeness (QED) is 0.827. The van der Waals surface area contributed by atoms with E-state index in [2.05, 4.69) is 10.1 Å². The predicted molar refractivity (Wildman–Crippen MR) is 83.9 cm³/mol. The van der Waals surface area contributed by atoms with Gasteiger partial charge in [0, 0.05) is 24.2 Å². The first-order valence-corrected chi connectivity index (χ1v) is 7.90. The lowest BCUT2D eigenvalue weighted by atomic mass is 9.69. The van der Waals surface area contributed by atoms with Crippen LogP contribution in [0.3, 0.4) is 0 Å². The molecule has 0 bridgehead atoms. The highest BCUT2D eigenvalue weighted by Crippen LogP contribution is 2.42. The molecule has 1 fully saturated rings. The molecule has 132 valence electrons. The minimum absolute atomic E-state index is 0.0166. The summed E-state index contributed by atoms with van der Waals surface area (Å²) in [6.07, 6.45) is 4.06. The number of halogens is 2. The summed E-state index contributed by atoms with van der Waals surface area (Å²) in [5.74, 6) is -3.72. The summed E-state index contributed by atoms with van der Waals surface area (Å²) in [6.45, 7) is 0. The van der Waals surface area contributed by atoms with Gasteiger partial charge in [-0.1, -0.05) is 19.3 Å². The highest BCUT2D eigenvalue weighted by molar-refractivity contribution is 5.91. The van der Waals surface area contributed by atoms with Gasteiger partial charge in [-0.15, -0.1) is 0 Å². The van der Waals surface area contributed by atoms with Crippen LogP contribution in [0.25, 0.3) is 0 Å². The Balaban J connectivity index is 2.09. The largest absolute Gasteiger partial charge is 0.491 e. The second-order valence-corrected chi connectivity index (χ2v) is 6.33. The monoisotopic (exact) mass is 341 g/mol. The van der Waals surface area contributed by atoms with Crippen molar-refractivity contribution in [2.75, 3.05) is 12.4 Å². The van der Waals surface area contributed by atoms with E-state index in [1.807, 2.05) is 0 Å². The van der Waals surface area contributed by atoms with E-state index in [0.29, 0.717) is 12.8 Å². The molecule has 1 aromatic carbocycles. The van der Waals surface area contributed by atoms with Gasteiger partial charge in [0.15, 0.2) is 17.4 Å². The van der Waals surface area contributed by atoms with E-state index in [9.17, 15) is 18.4 Å². The van der Waals surface area contributed by atoms with E-state index < -0.39 is 34.7 Å². The van der Waals surface area contributed by atoms with Crippen LogP contribution in [0, 0.1) is 17.0 Å². The average Bonchev–Trinajstić information content (AvgIpc) is 2.46. The third kappa shape index (κ3) is 4.43.